The van der Waals surface area contributed by atoms with Gasteiger partial charge in [0.05, 0.1) is 24.2 Å². The van der Waals surface area contributed by atoms with Crippen LogP contribution in [0, 0.1) is 12.8 Å². The molecule has 0 spiro atoms. The highest BCUT2D eigenvalue weighted by Gasteiger charge is 2.46. The van der Waals surface area contributed by atoms with Crippen molar-refractivity contribution >= 4 is 31.9 Å². The molecule has 0 aromatic heterocycles. The van der Waals surface area contributed by atoms with Gasteiger partial charge < -0.3 is 9.47 Å². The summed E-state index contributed by atoms with van der Waals surface area (Å²) < 4.78 is 37.5. The Morgan fingerprint density at radius 3 is 2.52 bits per heavy atom. The Morgan fingerprint density at radius 1 is 1.24 bits per heavy atom. The van der Waals surface area contributed by atoms with Gasteiger partial charge in [-0.15, -0.1) is 0 Å². The van der Waals surface area contributed by atoms with Crippen molar-refractivity contribution < 1.29 is 22.7 Å². The summed E-state index contributed by atoms with van der Waals surface area (Å²) in [7, 11) is -2.38. The summed E-state index contributed by atoms with van der Waals surface area (Å²) in [6.45, 7) is 3.07. The Morgan fingerprint density at radius 2 is 1.92 bits per heavy atom. The minimum atomic E-state index is -3.89. The lowest BCUT2D eigenvalue weighted by Crippen LogP contribution is -2.41. The van der Waals surface area contributed by atoms with E-state index in [1.807, 2.05) is 6.92 Å². The van der Waals surface area contributed by atoms with Gasteiger partial charge in [-0.05, 0) is 31.9 Å². The Hall–Kier alpha value is -0.960. The number of alkyl halides is 1. The average molecular weight is 434 g/mol. The molecule has 140 valence electrons. The number of carbonyl (C=O) groups is 1. The largest absolute Gasteiger partial charge is 0.383 e. The van der Waals surface area contributed by atoms with Gasteiger partial charge in [0.15, 0.2) is 0 Å². The Kier molecular flexibility index (Phi) is 7.42. The lowest BCUT2D eigenvalue weighted by molar-refractivity contribution is -0.128. The molecule has 8 heteroatoms. The van der Waals surface area contributed by atoms with Crippen molar-refractivity contribution in [1.82, 2.24) is 4.31 Å². The number of amides is 1. The lowest BCUT2D eigenvalue weighted by Gasteiger charge is -2.23. The first kappa shape index (κ1) is 20.4. The number of carbonyl (C=O) groups excluding carboxylic acids is 1. The van der Waals surface area contributed by atoms with Gasteiger partial charge in [0.2, 0.25) is 5.91 Å². The number of aryl methyl sites for hydroxylation is 1. The van der Waals surface area contributed by atoms with E-state index in [-0.39, 0.29) is 23.3 Å². The molecule has 1 saturated heterocycles. The van der Waals surface area contributed by atoms with Crippen LogP contribution in [0.15, 0.2) is 29.2 Å². The van der Waals surface area contributed by atoms with Gasteiger partial charge in [-0.25, -0.2) is 12.7 Å². The third kappa shape index (κ3) is 4.81. The third-order valence-electron chi connectivity index (χ3n) is 4.22. The zero-order valence-corrected chi connectivity index (χ0v) is 16.9. The lowest BCUT2D eigenvalue weighted by atomic mass is 10.0. The third-order valence-corrected chi connectivity index (χ3v) is 6.41. The number of benzene rings is 1. The molecule has 1 fully saturated rings. The molecule has 2 atom stereocenters. The van der Waals surface area contributed by atoms with E-state index in [4.69, 9.17) is 9.47 Å². The molecule has 1 aliphatic heterocycles. The molecule has 0 N–H and O–H groups in total. The Balaban J connectivity index is 2.20. The standard InChI is InChI=1S/C17H24BrNO5S/c1-13-3-5-16(6-4-13)25(21,22)19-15(12-23-2)11-14(17(19)20)7-9-24-10-8-18/h3-6,14-15H,7-12H2,1-2H3. The number of methoxy groups -OCH3 is 1. The van der Waals surface area contributed by atoms with Crippen molar-refractivity contribution in [3.63, 3.8) is 0 Å². The van der Waals surface area contributed by atoms with Crippen LogP contribution in [0.3, 0.4) is 0 Å². The first-order chi connectivity index (χ1) is 11.9. The van der Waals surface area contributed by atoms with Crippen LogP contribution in [0.5, 0.6) is 0 Å². The van der Waals surface area contributed by atoms with Crippen LogP contribution in [-0.4, -0.2) is 56.9 Å². The minimum Gasteiger partial charge on any atom is -0.383 e. The molecule has 1 amide bonds. The van der Waals surface area contributed by atoms with Crippen LogP contribution in [0.25, 0.3) is 0 Å². The van der Waals surface area contributed by atoms with Gasteiger partial charge in [0.25, 0.3) is 10.0 Å². The van der Waals surface area contributed by atoms with Crippen molar-refractivity contribution in [2.24, 2.45) is 5.92 Å². The molecule has 2 unspecified atom stereocenters. The number of hydrogen-bond acceptors (Lipinski definition) is 5. The maximum absolute atomic E-state index is 13.0. The molecule has 6 nitrogen and oxygen atoms in total. The van der Waals surface area contributed by atoms with E-state index in [0.717, 1.165) is 15.2 Å². The Labute approximate surface area is 157 Å². The monoisotopic (exact) mass is 433 g/mol. The van der Waals surface area contributed by atoms with Gasteiger partial charge in [0.1, 0.15) is 0 Å². The van der Waals surface area contributed by atoms with Crippen molar-refractivity contribution in [2.45, 2.75) is 30.7 Å². The summed E-state index contributed by atoms with van der Waals surface area (Å²) in [6, 6.07) is 6.04. The first-order valence-electron chi connectivity index (χ1n) is 8.19. The minimum absolute atomic E-state index is 0.128. The number of halogens is 1. The van der Waals surface area contributed by atoms with Gasteiger partial charge >= 0.3 is 0 Å². The van der Waals surface area contributed by atoms with Gasteiger partial charge in [-0.1, -0.05) is 33.6 Å². The van der Waals surface area contributed by atoms with Crippen molar-refractivity contribution in [3.05, 3.63) is 29.8 Å². The maximum Gasteiger partial charge on any atom is 0.266 e. The van der Waals surface area contributed by atoms with E-state index < -0.39 is 16.1 Å². The molecule has 0 bridgehead atoms. The summed E-state index contributed by atoms with van der Waals surface area (Å²) in [4.78, 5) is 12.9. The van der Waals surface area contributed by atoms with E-state index in [9.17, 15) is 13.2 Å². The highest BCUT2D eigenvalue weighted by atomic mass is 79.9. The molecule has 25 heavy (non-hydrogen) atoms. The van der Waals surface area contributed by atoms with E-state index in [1.165, 1.54) is 19.2 Å². The van der Waals surface area contributed by atoms with Crippen LogP contribution in [0.1, 0.15) is 18.4 Å². The summed E-state index contributed by atoms with van der Waals surface area (Å²) in [6.07, 6.45) is 0.960. The zero-order chi connectivity index (χ0) is 18.4. The number of rotatable bonds is 9. The molecule has 2 rings (SSSR count). The smallest absolute Gasteiger partial charge is 0.266 e. The number of nitrogens with zero attached hydrogens (tertiary/aromatic N) is 1. The fourth-order valence-corrected chi connectivity index (χ4v) is 4.84. The molecule has 1 aromatic carbocycles. The second-order valence-corrected chi connectivity index (χ2v) is 8.69. The topological polar surface area (TPSA) is 72.9 Å². The van der Waals surface area contributed by atoms with Crippen molar-refractivity contribution in [2.75, 3.05) is 32.3 Å². The zero-order valence-electron chi connectivity index (χ0n) is 14.5. The molecule has 0 radical (unpaired) electrons. The number of hydrogen-bond donors (Lipinski definition) is 0. The SMILES string of the molecule is COCC1CC(CCOCCBr)C(=O)N1S(=O)(=O)c1ccc(C)cc1. The fourth-order valence-electron chi connectivity index (χ4n) is 2.98. The predicted octanol–water partition coefficient (Wildman–Crippen LogP) is 2.35. The van der Waals surface area contributed by atoms with Crippen LogP contribution in [0.4, 0.5) is 0 Å². The first-order valence-corrected chi connectivity index (χ1v) is 10.8. The van der Waals surface area contributed by atoms with Gasteiger partial charge in [-0.3, -0.25) is 4.79 Å². The van der Waals surface area contributed by atoms with E-state index in [2.05, 4.69) is 15.9 Å². The molecule has 1 aromatic rings. The molecular formula is C17H24BrNO5S. The summed E-state index contributed by atoms with van der Waals surface area (Å²) in [5, 5.41) is 0.728. The molecule has 0 aliphatic carbocycles. The van der Waals surface area contributed by atoms with Crippen molar-refractivity contribution in [3.8, 4) is 0 Å². The van der Waals surface area contributed by atoms with Crippen LogP contribution >= 0.6 is 15.9 Å². The number of ether oxygens (including phenoxy) is 2. The quantitative estimate of drug-likeness (QED) is 0.441. The Bertz CT molecular complexity index is 677. The van der Waals surface area contributed by atoms with Gasteiger partial charge in [-0.2, -0.15) is 0 Å². The maximum atomic E-state index is 13.0. The van der Waals surface area contributed by atoms with Crippen LogP contribution in [0.2, 0.25) is 0 Å². The molecule has 1 heterocycles. The molecular weight excluding hydrogens is 410 g/mol. The van der Waals surface area contributed by atoms with Crippen molar-refractivity contribution in [1.29, 1.82) is 0 Å². The van der Waals surface area contributed by atoms with E-state index >= 15 is 0 Å². The van der Waals surface area contributed by atoms with Crippen LogP contribution < -0.4 is 0 Å². The summed E-state index contributed by atoms with van der Waals surface area (Å²) in [5.41, 5.74) is 0.960. The number of sulfonamides is 1. The highest BCUT2D eigenvalue weighted by Crippen LogP contribution is 2.33. The highest BCUT2D eigenvalue weighted by molar-refractivity contribution is 9.09. The second kappa shape index (κ2) is 9.12. The van der Waals surface area contributed by atoms with E-state index in [1.54, 1.807) is 12.1 Å². The van der Waals surface area contributed by atoms with E-state index in [0.29, 0.717) is 26.1 Å². The molecule has 0 saturated carbocycles. The predicted molar refractivity (Wildman–Crippen MR) is 98.2 cm³/mol. The average Bonchev–Trinajstić information content (AvgIpc) is 2.89. The molecule has 1 aliphatic rings. The second-order valence-electron chi connectivity index (χ2n) is 6.08. The van der Waals surface area contributed by atoms with Crippen LogP contribution in [-0.2, 0) is 24.3 Å². The summed E-state index contributed by atoms with van der Waals surface area (Å²) in [5.74, 6) is -0.735. The normalized spacial score (nSPS) is 21.1. The fraction of sp³-hybridized carbons (Fsp3) is 0.588. The summed E-state index contributed by atoms with van der Waals surface area (Å²) >= 11 is 3.28. The van der Waals surface area contributed by atoms with Gasteiger partial charge in [0, 0.05) is 25.0 Å².